The van der Waals surface area contributed by atoms with Crippen LogP contribution in [-0.2, 0) is 16.2 Å². The molecular formula is C22H23F3N4O3S. The highest BCUT2D eigenvalue weighted by atomic mass is 32.2. The van der Waals surface area contributed by atoms with Gasteiger partial charge in [-0.3, -0.25) is 4.79 Å². The van der Waals surface area contributed by atoms with Gasteiger partial charge in [0.05, 0.1) is 33.6 Å². The molecule has 0 aliphatic heterocycles. The van der Waals surface area contributed by atoms with Crippen molar-refractivity contribution in [3.05, 3.63) is 70.5 Å². The molecule has 3 aromatic rings. The molecule has 0 unspecified atom stereocenters. The summed E-state index contributed by atoms with van der Waals surface area (Å²) in [6.45, 7) is 5.04. The van der Waals surface area contributed by atoms with E-state index < -0.39 is 27.7 Å². The zero-order valence-electron chi connectivity index (χ0n) is 18.6. The zero-order valence-corrected chi connectivity index (χ0v) is 19.5. The van der Waals surface area contributed by atoms with E-state index in [0.29, 0.717) is 22.5 Å². The first-order valence-electron chi connectivity index (χ1n) is 9.81. The van der Waals surface area contributed by atoms with Crippen molar-refractivity contribution in [1.82, 2.24) is 14.1 Å². The van der Waals surface area contributed by atoms with Gasteiger partial charge in [-0.15, -0.1) is 0 Å². The van der Waals surface area contributed by atoms with Gasteiger partial charge in [0.25, 0.3) is 5.91 Å². The molecule has 1 N–H and O–H groups in total. The number of benzene rings is 2. The Morgan fingerprint density at radius 2 is 1.76 bits per heavy atom. The van der Waals surface area contributed by atoms with E-state index in [1.54, 1.807) is 20.8 Å². The fraction of sp³-hybridized carbons (Fsp3) is 0.273. The number of aromatic nitrogens is 2. The molecule has 0 saturated carbocycles. The van der Waals surface area contributed by atoms with E-state index >= 15 is 0 Å². The van der Waals surface area contributed by atoms with Crippen LogP contribution in [-0.4, -0.2) is 42.5 Å². The largest absolute Gasteiger partial charge is 0.416 e. The highest BCUT2D eigenvalue weighted by Gasteiger charge is 2.31. The van der Waals surface area contributed by atoms with Gasteiger partial charge in [0, 0.05) is 19.8 Å². The van der Waals surface area contributed by atoms with Crippen LogP contribution >= 0.6 is 0 Å². The molecule has 33 heavy (non-hydrogen) atoms. The first-order valence-corrected chi connectivity index (χ1v) is 11.2. The van der Waals surface area contributed by atoms with Gasteiger partial charge in [0.15, 0.2) is 0 Å². The van der Waals surface area contributed by atoms with Crippen LogP contribution in [0.1, 0.15) is 32.7 Å². The number of hydrogen-bond acceptors (Lipinski definition) is 4. The Morgan fingerprint density at radius 1 is 1.09 bits per heavy atom. The van der Waals surface area contributed by atoms with Gasteiger partial charge in [0.2, 0.25) is 10.0 Å². The molecule has 1 heterocycles. The van der Waals surface area contributed by atoms with Crippen molar-refractivity contribution >= 4 is 21.6 Å². The second-order valence-corrected chi connectivity index (χ2v) is 9.91. The van der Waals surface area contributed by atoms with Crippen molar-refractivity contribution in [1.29, 1.82) is 0 Å². The fourth-order valence-corrected chi connectivity index (χ4v) is 4.23. The predicted octanol–water partition coefficient (Wildman–Crippen LogP) is 4.32. The van der Waals surface area contributed by atoms with Crippen molar-refractivity contribution < 1.29 is 26.4 Å². The van der Waals surface area contributed by atoms with Gasteiger partial charge in [-0.05, 0) is 62.2 Å². The Morgan fingerprint density at radius 3 is 2.36 bits per heavy atom. The van der Waals surface area contributed by atoms with E-state index in [2.05, 4.69) is 10.4 Å². The number of halogens is 3. The summed E-state index contributed by atoms with van der Waals surface area (Å²) in [5.74, 6) is -0.562. The number of aryl methyl sites for hydroxylation is 1. The van der Waals surface area contributed by atoms with Gasteiger partial charge in [-0.2, -0.15) is 18.3 Å². The van der Waals surface area contributed by atoms with Crippen LogP contribution in [0, 0.1) is 20.8 Å². The molecule has 0 aliphatic carbocycles. The van der Waals surface area contributed by atoms with E-state index in [4.69, 9.17) is 0 Å². The molecule has 3 rings (SSSR count). The minimum atomic E-state index is -4.51. The summed E-state index contributed by atoms with van der Waals surface area (Å²) >= 11 is 0. The number of nitrogens with zero attached hydrogens (tertiary/aromatic N) is 3. The standard InChI is InChI=1S/C22H23F3N4O3S/c1-13-9-18(33(31,32)28(4)5)11-20(14(13)2)27-21(30)19-12-26-29(15(19)3)17-8-6-7-16(10-17)22(23,24)25/h6-12H,1-5H3,(H,27,30). The molecule has 2 aromatic carbocycles. The third-order valence-corrected chi connectivity index (χ3v) is 7.13. The van der Waals surface area contributed by atoms with Gasteiger partial charge >= 0.3 is 6.18 Å². The molecule has 0 spiro atoms. The second kappa shape index (κ2) is 8.64. The van der Waals surface area contributed by atoms with Crippen LogP contribution in [0.2, 0.25) is 0 Å². The molecule has 176 valence electrons. The van der Waals surface area contributed by atoms with Crippen molar-refractivity contribution in [2.24, 2.45) is 0 Å². The lowest BCUT2D eigenvalue weighted by Crippen LogP contribution is -2.23. The van der Waals surface area contributed by atoms with Gasteiger partial charge in [-0.25, -0.2) is 17.4 Å². The van der Waals surface area contributed by atoms with Crippen molar-refractivity contribution in [3.8, 4) is 5.69 Å². The lowest BCUT2D eigenvalue weighted by atomic mass is 10.1. The summed E-state index contributed by atoms with van der Waals surface area (Å²) in [5, 5.41) is 6.78. The second-order valence-electron chi connectivity index (χ2n) is 7.76. The minimum Gasteiger partial charge on any atom is -0.322 e. The molecule has 1 aromatic heterocycles. The fourth-order valence-electron chi connectivity index (χ4n) is 3.21. The lowest BCUT2D eigenvalue weighted by molar-refractivity contribution is -0.137. The van der Waals surface area contributed by atoms with Crippen LogP contribution in [0.5, 0.6) is 0 Å². The number of sulfonamides is 1. The molecule has 0 radical (unpaired) electrons. The Balaban J connectivity index is 1.96. The molecule has 1 amide bonds. The Hall–Kier alpha value is -3.18. The zero-order chi connectivity index (χ0) is 24.7. The molecule has 0 fully saturated rings. The number of anilines is 1. The molecule has 0 bridgehead atoms. The van der Waals surface area contributed by atoms with E-state index in [1.807, 2.05) is 0 Å². The van der Waals surface area contributed by atoms with Crippen molar-refractivity contribution in [2.75, 3.05) is 19.4 Å². The lowest BCUT2D eigenvalue weighted by Gasteiger charge is -2.16. The quantitative estimate of drug-likeness (QED) is 0.590. The smallest absolute Gasteiger partial charge is 0.322 e. The highest BCUT2D eigenvalue weighted by Crippen LogP contribution is 2.31. The number of carbonyl (C=O) groups excluding carboxylic acids is 1. The van der Waals surface area contributed by atoms with Gasteiger partial charge in [0.1, 0.15) is 0 Å². The topological polar surface area (TPSA) is 84.3 Å². The third kappa shape index (κ3) is 4.79. The number of hydrogen-bond donors (Lipinski definition) is 1. The number of alkyl halides is 3. The number of rotatable bonds is 5. The molecule has 0 atom stereocenters. The summed E-state index contributed by atoms with van der Waals surface area (Å²) in [7, 11) is -0.900. The van der Waals surface area contributed by atoms with E-state index in [-0.39, 0.29) is 16.1 Å². The maximum atomic E-state index is 13.1. The molecule has 11 heteroatoms. The van der Waals surface area contributed by atoms with E-state index in [0.717, 1.165) is 16.4 Å². The normalized spacial score (nSPS) is 12.3. The average molecular weight is 481 g/mol. The van der Waals surface area contributed by atoms with Crippen LogP contribution < -0.4 is 5.32 Å². The summed E-state index contributed by atoms with van der Waals surface area (Å²) in [4.78, 5) is 13.0. The molecule has 0 aliphatic rings. The van der Waals surface area contributed by atoms with Gasteiger partial charge < -0.3 is 5.32 Å². The summed E-state index contributed by atoms with van der Waals surface area (Å²) in [6.07, 6.45) is -3.25. The molecule has 7 nitrogen and oxygen atoms in total. The first kappa shape index (κ1) is 24.5. The third-order valence-electron chi connectivity index (χ3n) is 5.34. The average Bonchev–Trinajstić information content (AvgIpc) is 3.11. The number of amides is 1. The van der Waals surface area contributed by atoms with Gasteiger partial charge in [-0.1, -0.05) is 6.07 Å². The predicted molar refractivity (Wildman–Crippen MR) is 118 cm³/mol. The van der Waals surface area contributed by atoms with E-state index in [9.17, 15) is 26.4 Å². The molecular weight excluding hydrogens is 457 g/mol. The SMILES string of the molecule is Cc1cc(S(=O)(=O)N(C)C)cc(NC(=O)c2cnn(-c3cccc(C(F)(F)F)c3)c2C)c1C. The summed E-state index contributed by atoms with van der Waals surface area (Å²) in [5.41, 5.74) is 1.47. The van der Waals surface area contributed by atoms with Crippen LogP contribution in [0.3, 0.4) is 0 Å². The van der Waals surface area contributed by atoms with Crippen molar-refractivity contribution in [2.45, 2.75) is 31.8 Å². The number of carbonyl (C=O) groups is 1. The Bertz CT molecular complexity index is 1330. The van der Waals surface area contributed by atoms with Crippen molar-refractivity contribution in [3.63, 3.8) is 0 Å². The summed E-state index contributed by atoms with van der Waals surface area (Å²) < 4.78 is 66.6. The maximum absolute atomic E-state index is 13.1. The van der Waals surface area contributed by atoms with Crippen LogP contribution in [0.15, 0.2) is 47.5 Å². The number of nitrogens with one attached hydrogen (secondary N) is 1. The highest BCUT2D eigenvalue weighted by molar-refractivity contribution is 7.89. The first-order chi connectivity index (χ1) is 15.2. The Kier molecular flexibility index (Phi) is 6.40. The summed E-state index contributed by atoms with van der Waals surface area (Å²) in [6, 6.07) is 7.53. The Labute approximate surface area is 189 Å². The van der Waals surface area contributed by atoms with Crippen LogP contribution in [0.4, 0.5) is 18.9 Å². The van der Waals surface area contributed by atoms with Crippen LogP contribution in [0.25, 0.3) is 5.69 Å². The minimum absolute atomic E-state index is 0.0299. The molecule has 0 saturated heterocycles. The maximum Gasteiger partial charge on any atom is 0.416 e. The monoisotopic (exact) mass is 480 g/mol. The van der Waals surface area contributed by atoms with E-state index in [1.165, 1.54) is 49.2 Å².